The highest BCUT2D eigenvalue weighted by atomic mass is 32.1. The zero-order chi connectivity index (χ0) is 24.0. The molecule has 1 aliphatic heterocycles. The van der Waals surface area contributed by atoms with Crippen LogP contribution in [-0.2, 0) is 9.53 Å². The number of nitrogens with zero attached hydrogens (tertiary/aromatic N) is 2. The molecule has 170 valence electrons. The molecule has 5 rings (SSSR count). The molecule has 0 saturated heterocycles. The van der Waals surface area contributed by atoms with Gasteiger partial charge in [-0.25, -0.2) is 14.2 Å². The number of thiophene rings is 1. The first-order valence-corrected chi connectivity index (χ1v) is 11.7. The molecular formula is C24H15FN2O5S2. The lowest BCUT2D eigenvalue weighted by Gasteiger charge is -2.24. The Balaban J connectivity index is 1.66. The molecule has 0 aliphatic carbocycles. The molecule has 0 saturated carbocycles. The number of amides is 1. The number of carbonyl (C=O) groups excluding carboxylic acids is 3. The van der Waals surface area contributed by atoms with Gasteiger partial charge in [0.25, 0.3) is 5.91 Å². The molecule has 0 spiro atoms. The molecule has 2 aromatic carbocycles. The first kappa shape index (κ1) is 21.9. The van der Waals surface area contributed by atoms with Crippen LogP contribution in [0.15, 0.2) is 71.3 Å². The van der Waals surface area contributed by atoms with Gasteiger partial charge in [0, 0.05) is 0 Å². The molecule has 1 N–H and O–H groups in total. The number of esters is 1. The fourth-order valence-corrected chi connectivity index (χ4v) is 5.49. The Bertz CT molecular complexity index is 1480. The SMILES string of the molecule is COC(=O)c1ccc([C@@H]2C(C(=O)c3cccs3)=C(O)C(=O)N2c2nc3ccc(F)cc3s2)cc1. The summed E-state index contributed by atoms with van der Waals surface area (Å²) in [5, 5.41) is 12.7. The van der Waals surface area contributed by atoms with Gasteiger partial charge in [-0.15, -0.1) is 11.3 Å². The van der Waals surface area contributed by atoms with Crippen LogP contribution < -0.4 is 4.90 Å². The predicted molar refractivity (Wildman–Crippen MR) is 126 cm³/mol. The Hall–Kier alpha value is -3.89. The van der Waals surface area contributed by atoms with Crippen LogP contribution in [0.25, 0.3) is 10.2 Å². The van der Waals surface area contributed by atoms with Gasteiger partial charge in [0.2, 0.25) is 5.78 Å². The minimum absolute atomic E-state index is 0.0938. The lowest BCUT2D eigenvalue weighted by Crippen LogP contribution is -2.31. The standard InChI is InChI=1S/C24H15FN2O5S2/c1-32-23(31)13-6-4-12(5-7-13)19-18(20(28)16-3-2-10-33-16)21(29)22(30)27(19)24-26-15-9-8-14(25)11-17(15)34-24/h2-11,19,29H,1H3/t19-/m1/s1. The van der Waals surface area contributed by atoms with E-state index >= 15 is 0 Å². The molecule has 10 heteroatoms. The third kappa shape index (κ3) is 3.57. The predicted octanol–water partition coefficient (Wildman–Crippen LogP) is 5.07. The number of carbonyl (C=O) groups is 3. The number of Topliss-reactive ketones (excluding diaryl/α,β-unsaturated/α-hetero) is 1. The summed E-state index contributed by atoms with van der Waals surface area (Å²) in [6, 6.07) is 12.6. The molecule has 4 aromatic rings. The van der Waals surface area contributed by atoms with E-state index in [-0.39, 0.29) is 16.3 Å². The average molecular weight is 495 g/mol. The number of hydrogen-bond donors (Lipinski definition) is 1. The van der Waals surface area contributed by atoms with Crippen LogP contribution in [0.2, 0.25) is 0 Å². The number of aromatic nitrogens is 1. The van der Waals surface area contributed by atoms with E-state index in [2.05, 4.69) is 4.98 Å². The van der Waals surface area contributed by atoms with Crippen LogP contribution in [0.5, 0.6) is 0 Å². The van der Waals surface area contributed by atoms with Crippen molar-refractivity contribution in [2.45, 2.75) is 6.04 Å². The lowest BCUT2D eigenvalue weighted by atomic mass is 9.95. The lowest BCUT2D eigenvalue weighted by molar-refractivity contribution is -0.117. The molecule has 1 aliphatic rings. The summed E-state index contributed by atoms with van der Waals surface area (Å²) in [4.78, 5) is 44.5. The van der Waals surface area contributed by atoms with Gasteiger partial charge in [0.05, 0.1) is 39.4 Å². The molecule has 0 fully saturated rings. The maximum absolute atomic E-state index is 13.7. The third-order valence-corrected chi connectivity index (χ3v) is 7.28. The van der Waals surface area contributed by atoms with Crippen molar-refractivity contribution < 1.29 is 28.6 Å². The number of aliphatic hydroxyl groups excluding tert-OH is 1. The molecule has 0 unspecified atom stereocenters. The van der Waals surface area contributed by atoms with Crippen LogP contribution >= 0.6 is 22.7 Å². The van der Waals surface area contributed by atoms with Crippen molar-refractivity contribution >= 4 is 55.7 Å². The quantitative estimate of drug-likeness (QED) is 0.308. The summed E-state index contributed by atoms with van der Waals surface area (Å²) in [6.07, 6.45) is 0. The summed E-state index contributed by atoms with van der Waals surface area (Å²) in [6.45, 7) is 0. The van der Waals surface area contributed by atoms with E-state index in [9.17, 15) is 23.9 Å². The summed E-state index contributed by atoms with van der Waals surface area (Å²) >= 11 is 2.26. The van der Waals surface area contributed by atoms with E-state index in [4.69, 9.17) is 4.74 Å². The van der Waals surface area contributed by atoms with Crippen LogP contribution in [0.1, 0.15) is 31.6 Å². The fraction of sp³-hybridized carbons (Fsp3) is 0.0833. The highest BCUT2D eigenvalue weighted by Gasteiger charge is 2.46. The summed E-state index contributed by atoms with van der Waals surface area (Å²) < 4.78 is 19.0. The van der Waals surface area contributed by atoms with Crippen LogP contribution in [0, 0.1) is 5.82 Å². The minimum atomic E-state index is -1.00. The third-order valence-electron chi connectivity index (χ3n) is 5.39. The largest absolute Gasteiger partial charge is 0.503 e. The number of fused-ring (bicyclic) bond motifs is 1. The van der Waals surface area contributed by atoms with E-state index in [0.717, 1.165) is 11.3 Å². The minimum Gasteiger partial charge on any atom is -0.503 e. The molecule has 1 atom stereocenters. The number of anilines is 1. The second-order valence-corrected chi connectivity index (χ2v) is 9.33. The number of methoxy groups -OCH3 is 1. The van der Waals surface area contributed by atoms with Gasteiger partial charge in [-0.3, -0.25) is 14.5 Å². The van der Waals surface area contributed by atoms with Crippen molar-refractivity contribution in [2.75, 3.05) is 12.0 Å². The van der Waals surface area contributed by atoms with Gasteiger partial charge in [-0.1, -0.05) is 29.5 Å². The summed E-state index contributed by atoms with van der Waals surface area (Å²) in [5.74, 6) is -2.93. The Kier molecular flexibility index (Phi) is 5.46. The molecule has 1 amide bonds. The maximum Gasteiger partial charge on any atom is 0.337 e. The molecule has 0 radical (unpaired) electrons. The van der Waals surface area contributed by atoms with Gasteiger partial charge in [0.1, 0.15) is 5.82 Å². The number of hydrogen-bond acceptors (Lipinski definition) is 8. The van der Waals surface area contributed by atoms with Gasteiger partial charge >= 0.3 is 5.97 Å². The van der Waals surface area contributed by atoms with Crippen LogP contribution in [-0.4, -0.2) is 34.9 Å². The van der Waals surface area contributed by atoms with E-state index in [0.29, 0.717) is 20.7 Å². The molecule has 3 heterocycles. The zero-order valence-corrected chi connectivity index (χ0v) is 19.2. The van der Waals surface area contributed by atoms with Gasteiger partial charge in [-0.2, -0.15) is 0 Å². The molecule has 2 aromatic heterocycles. The Morgan fingerprint density at radius 1 is 1.15 bits per heavy atom. The number of ketones is 1. The number of rotatable bonds is 5. The van der Waals surface area contributed by atoms with Crippen molar-refractivity contribution in [1.29, 1.82) is 0 Å². The molecule has 0 bridgehead atoms. The number of ether oxygens (including phenoxy) is 1. The Labute approximate surface area is 200 Å². The maximum atomic E-state index is 13.7. The Morgan fingerprint density at radius 2 is 1.91 bits per heavy atom. The number of halogens is 1. The fourth-order valence-electron chi connectivity index (χ4n) is 3.80. The van der Waals surface area contributed by atoms with Gasteiger partial charge in [-0.05, 0) is 47.3 Å². The molecule has 7 nitrogen and oxygen atoms in total. The summed E-state index contributed by atoms with van der Waals surface area (Å²) in [7, 11) is 1.27. The first-order valence-electron chi connectivity index (χ1n) is 9.98. The van der Waals surface area contributed by atoms with Crippen molar-refractivity contribution in [3.63, 3.8) is 0 Å². The van der Waals surface area contributed by atoms with E-state index < -0.39 is 35.3 Å². The number of thiazole rings is 1. The Morgan fingerprint density at radius 3 is 2.59 bits per heavy atom. The molecular weight excluding hydrogens is 479 g/mol. The molecule has 34 heavy (non-hydrogen) atoms. The normalized spacial score (nSPS) is 15.9. The smallest absolute Gasteiger partial charge is 0.337 e. The second kappa shape index (κ2) is 8.47. The van der Waals surface area contributed by atoms with Crippen molar-refractivity contribution in [3.8, 4) is 0 Å². The van der Waals surface area contributed by atoms with Crippen molar-refractivity contribution in [3.05, 3.63) is 93.1 Å². The first-order chi connectivity index (χ1) is 16.4. The average Bonchev–Trinajstić information content (AvgIpc) is 3.57. The van der Waals surface area contributed by atoms with E-state index in [1.54, 1.807) is 29.6 Å². The summed E-state index contributed by atoms with van der Waals surface area (Å²) in [5.41, 5.74) is 1.16. The van der Waals surface area contributed by atoms with Crippen LogP contribution in [0.3, 0.4) is 0 Å². The number of benzene rings is 2. The van der Waals surface area contributed by atoms with Crippen LogP contribution in [0.4, 0.5) is 9.52 Å². The van der Waals surface area contributed by atoms with E-state index in [1.165, 1.54) is 53.7 Å². The monoisotopic (exact) mass is 494 g/mol. The van der Waals surface area contributed by atoms with Gasteiger partial charge < -0.3 is 9.84 Å². The van der Waals surface area contributed by atoms with Crippen molar-refractivity contribution in [2.24, 2.45) is 0 Å². The highest BCUT2D eigenvalue weighted by Crippen LogP contribution is 2.44. The second-order valence-electron chi connectivity index (χ2n) is 7.37. The van der Waals surface area contributed by atoms with E-state index in [1.807, 2.05) is 0 Å². The zero-order valence-electron chi connectivity index (χ0n) is 17.5. The number of aliphatic hydroxyl groups is 1. The highest BCUT2D eigenvalue weighted by molar-refractivity contribution is 7.22. The van der Waals surface area contributed by atoms with Crippen molar-refractivity contribution in [1.82, 2.24) is 4.98 Å². The topological polar surface area (TPSA) is 96.8 Å². The van der Waals surface area contributed by atoms with Gasteiger partial charge in [0.15, 0.2) is 10.9 Å².